The van der Waals surface area contributed by atoms with E-state index in [4.69, 9.17) is 4.18 Å². The van der Waals surface area contributed by atoms with Crippen LogP contribution in [0.25, 0.3) is 0 Å². The van der Waals surface area contributed by atoms with Gasteiger partial charge in [-0.3, -0.25) is 0 Å². The van der Waals surface area contributed by atoms with Crippen LogP contribution in [0.4, 0.5) is 0 Å². The molecule has 30 heavy (non-hydrogen) atoms. The van der Waals surface area contributed by atoms with Gasteiger partial charge in [-0.1, -0.05) is 72.5 Å². The fraction of sp³-hybridized carbons (Fsp3) is 0.926. The molecule has 0 saturated heterocycles. The van der Waals surface area contributed by atoms with Gasteiger partial charge in [0.15, 0.2) is 0 Å². The van der Waals surface area contributed by atoms with Gasteiger partial charge in [0.2, 0.25) is 0 Å². The first kappa shape index (κ1) is 25.4. The maximum atomic E-state index is 5.95. The first-order valence-electron chi connectivity index (χ1n) is 12.5. The lowest BCUT2D eigenvalue weighted by Gasteiger charge is -2.61. The van der Waals surface area contributed by atoms with Crippen molar-refractivity contribution in [1.82, 2.24) is 0 Å². The molecule has 0 aromatic heterocycles. The van der Waals surface area contributed by atoms with Gasteiger partial charge in [-0.15, -0.1) is 0 Å². The van der Waals surface area contributed by atoms with E-state index in [1.165, 1.54) is 86.3 Å². The van der Waals surface area contributed by atoms with E-state index < -0.39 is 0 Å². The van der Waals surface area contributed by atoms with Crippen molar-refractivity contribution in [2.45, 2.75) is 118 Å². The van der Waals surface area contributed by atoms with Crippen molar-refractivity contribution in [3.05, 3.63) is 11.6 Å². The molecule has 3 saturated carbocycles. The van der Waals surface area contributed by atoms with Gasteiger partial charge < -0.3 is 4.18 Å². The number of fused-ring (bicyclic) bond motifs is 5. The number of hydrogen-bond donors (Lipinski definition) is 0. The molecular formula is C27H47IOS. The topological polar surface area (TPSA) is 9.23 Å². The highest BCUT2D eigenvalue weighted by Gasteiger charge is 2.59. The second-order valence-corrected chi connectivity index (χ2v) is 13.2. The van der Waals surface area contributed by atoms with Crippen molar-refractivity contribution in [1.29, 1.82) is 0 Å². The zero-order valence-electron chi connectivity index (χ0n) is 19.2. The Balaban J connectivity index is 0.00000256. The Bertz CT molecular complexity index is 604. The van der Waals surface area contributed by atoms with E-state index in [1.54, 1.807) is 5.57 Å². The molecule has 0 aliphatic heterocycles. The summed E-state index contributed by atoms with van der Waals surface area (Å²) in [6.07, 6.45) is 20.2. The summed E-state index contributed by atoms with van der Waals surface area (Å²) in [5, 5.41) is 0. The molecule has 4 rings (SSSR count). The van der Waals surface area contributed by atoms with Crippen LogP contribution < -0.4 is 0 Å². The molecule has 0 N–H and O–H groups in total. The molecular weight excluding hydrogens is 499 g/mol. The average molecular weight is 547 g/mol. The van der Waals surface area contributed by atoms with Crippen LogP contribution in [0, 0.1) is 40.4 Å². The van der Waals surface area contributed by atoms with Crippen LogP contribution >= 0.6 is 30.4 Å². The molecule has 3 fully saturated rings. The highest BCUT2D eigenvalue weighted by molar-refractivity contribution is 14.2. The summed E-state index contributed by atoms with van der Waals surface area (Å²) >= 11 is 2.28. The van der Waals surface area contributed by atoms with Gasteiger partial charge >= 0.3 is 0 Å². The highest BCUT2D eigenvalue weighted by atomic mass is 127. The maximum absolute atomic E-state index is 5.95. The van der Waals surface area contributed by atoms with Crippen molar-refractivity contribution in [3.8, 4) is 0 Å². The molecule has 0 spiro atoms. The maximum Gasteiger partial charge on any atom is 0.0769 e. The summed E-state index contributed by atoms with van der Waals surface area (Å²) in [5.74, 6) is 4.84. The first-order chi connectivity index (χ1) is 13.9. The van der Waals surface area contributed by atoms with E-state index in [0.29, 0.717) is 16.9 Å². The van der Waals surface area contributed by atoms with Gasteiger partial charge in [0.05, 0.1) is 15.3 Å². The Morgan fingerprint density at radius 2 is 1.93 bits per heavy atom. The molecule has 0 amide bonds. The third kappa shape index (κ3) is 4.69. The molecule has 0 radical (unpaired) electrons. The second kappa shape index (κ2) is 10.4. The number of unbranched alkanes of at least 4 members (excludes halogenated alkanes) is 1. The normalized spacial score (nSPS) is 42.7. The monoisotopic (exact) mass is 546 g/mol. The first-order valence-corrected chi connectivity index (χ1v) is 15.8. The summed E-state index contributed by atoms with van der Waals surface area (Å²) in [6.45, 7) is 10.1. The van der Waals surface area contributed by atoms with Crippen LogP contribution in [0.1, 0.15) is 112 Å². The number of hydrogen-bond acceptors (Lipinski definition) is 2. The third-order valence-electron chi connectivity index (χ3n) is 9.91. The standard InChI is InChI=1S/C26H43IOS.CH4/c1-18(2)7-5-6-8-19-9-11-23-22(19)10-12-24-25(3)16-14-21(28-29-27)17-20(25)13-15-26(23,24)4;/h13,18-19,21-24H,5-12,14-17H2,1-4H3;1H4. The molecule has 3 heteroatoms. The molecule has 0 aromatic rings. The van der Waals surface area contributed by atoms with Crippen LogP contribution in [0.2, 0.25) is 0 Å². The summed E-state index contributed by atoms with van der Waals surface area (Å²) in [5.41, 5.74) is 2.76. The van der Waals surface area contributed by atoms with Gasteiger partial charge in [-0.25, -0.2) is 0 Å². The minimum atomic E-state index is 0. The van der Waals surface area contributed by atoms with E-state index in [0.717, 1.165) is 29.6 Å². The Morgan fingerprint density at radius 1 is 1.13 bits per heavy atom. The zero-order chi connectivity index (χ0) is 20.6. The van der Waals surface area contributed by atoms with Gasteiger partial charge in [0.1, 0.15) is 0 Å². The van der Waals surface area contributed by atoms with E-state index in [9.17, 15) is 0 Å². The summed E-state index contributed by atoms with van der Waals surface area (Å²) < 4.78 is 5.95. The Labute approximate surface area is 204 Å². The number of allylic oxidation sites excluding steroid dienone is 1. The van der Waals surface area contributed by atoms with Gasteiger partial charge in [0, 0.05) is 21.2 Å². The quantitative estimate of drug-likeness (QED) is 0.136. The van der Waals surface area contributed by atoms with Crippen molar-refractivity contribution >= 4 is 30.4 Å². The van der Waals surface area contributed by atoms with E-state index in [1.807, 2.05) is 0 Å². The van der Waals surface area contributed by atoms with Crippen LogP contribution in [0.3, 0.4) is 0 Å². The molecule has 1 nitrogen and oxygen atoms in total. The van der Waals surface area contributed by atoms with Gasteiger partial charge in [-0.2, -0.15) is 0 Å². The fourth-order valence-corrected chi connectivity index (χ4v) is 9.55. The molecule has 4 aliphatic rings. The molecule has 7 atom stereocenters. The highest BCUT2D eigenvalue weighted by Crippen LogP contribution is 2.68. The lowest BCUT2D eigenvalue weighted by atomic mass is 9.44. The van der Waals surface area contributed by atoms with Crippen molar-refractivity contribution < 1.29 is 4.18 Å². The zero-order valence-corrected chi connectivity index (χ0v) is 22.2. The lowest BCUT2D eigenvalue weighted by molar-refractivity contribution is -0.0726. The predicted molar refractivity (Wildman–Crippen MR) is 142 cm³/mol. The summed E-state index contributed by atoms with van der Waals surface area (Å²) in [6, 6.07) is 0. The summed E-state index contributed by atoms with van der Waals surface area (Å²) in [4.78, 5) is 0. The molecule has 4 aliphatic carbocycles. The van der Waals surface area contributed by atoms with Crippen molar-refractivity contribution in [2.75, 3.05) is 0 Å². The number of halogens is 1. The van der Waals surface area contributed by atoms with E-state index >= 15 is 0 Å². The largest absolute Gasteiger partial charge is 0.302 e. The summed E-state index contributed by atoms with van der Waals surface area (Å²) in [7, 11) is 1.53. The van der Waals surface area contributed by atoms with Crippen LogP contribution in [-0.2, 0) is 4.18 Å². The van der Waals surface area contributed by atoms with Crippen LogP contribution in [0.5, 0.6) is 0 Å². The SMILES string of the molecule is C.CC(C)CCCCC1CCC2C1CCC1C3(C)CCC(OSI)CC3=CCC21C. The molecule has 0 aromatic carbocycles. The van der Waals surface area contributed by atoms with Crippen LogP contribution in [0.15, 0.2) is 11.6 Å². The molecule has 174 valence electrons. The fourth-order valence-electron chi connectivity index (χ4n) is 8.40. The smallest absolute Gasteiger partial charge is 0.0769 e. The lowest BCUT2D eigenvalue weighted by Crippen LogP contribution is -2.53. The molecule has 0 bridgehead atoms. The Kier molecular flexibility index (Phi) is 8.78. The van der Waals surface area contributed by atoms with Crippen LogP contribution in [-0.4, -0.2) is 6.10 Å². The Hall–Kier alpha value is 0.780. The number of rotatable bonds is 7. The van der Waals surface area contributed by atoms with Crippen molar-refractivity contribution in [3.63, 3.8) is 0 Å². The van der Waals surface area contributed by atoms with Gasteiger partial charge in [-0.05, 0) is 91.8 Å². The Morgan fingerprint density at radius 3 is 2.67 bits per heavy atom. The van der Waals surface area contributed by atoms with Crippen molar-refractivity contribution in [2.24, 2.45) is 40.4 Å². The van der Waals surface area contributed by atoms with Gasteiger partial charge in [0.25, 0.3) is 0 Å². The minimum absolute atomic E-state index is 0. The van der Waals surface area contributed by atoms with E-state index in [-0.39, 0.29) is 7.43 Å². The molecule has 0 heterocycles. The minimum Gasteiger partial charge on any atom is -0.302 e. The van der Waals surface area contributed by atoms with E-state index in [2.05, 4.69) is 55.0 Å². The third-order valence-corrected chi connectivity index (χ3v) is 10.9. The average Bonchev–Trinajstić information content (AvgIpc) is 3.10. The molecule has 7 unspecified atom stereocenters. The predicted octanol–water partition coefficient (Wildman–Crippen LogP) is 9.80. The second-order valence-electron chi connectivity index (χ2n) is 11.8.